The molecule has 1 fully saturated rings. The Balaban J connectivity index is 0.000000224. The number of hydrogen-bond acceptors (Lipinski definition) is 4. The predicted octanol–water partition coefficient (Wildman–Crippen LogP) is 1.86. The summed E-state index contributed by atoms with van der Waals surface area (Å²) in [7, 11) is 0. The standard InChI is InChI=1S/C8H6O4.C8H16O2/c9-7(10)5-1-2-6(4-3-5)8(11)12;9-5-7-1-2-8(6-10)4-3-7/h1-4H,(H,9,10)(H,11,12);7-10H,1-6H2. The molecule has 0 heterocycles. The summed E-state index contributed by atoms with van der Waals surface area (Å²) >= 11 is 0. The van der Waals surface area contributed by atoms with E-state index >= 15 is 0 Å². The number of carboxylic acids is 2. The highest BCUT2D eigenvalue weighted by Gasteiger charge is 2.19. The van der Waals surface area contributed by atoms with E-state index in [2.05, 4.69) is 0 Å². The lowest BCUT2D eigenvalue weighted by atomic mass is 9.83. The summed E-state index contributed by atoms with van der Waals surface area (Å²) in [5.41, 5.74) is 0.167. The summed E-state index contributed by atoms with van der Waals surface area (Å²) in [4.78, 5) is 20.7. The molecule has 0 spiro atoms. The molecule has 22 heavy (non-hydrogen) atoms. The number of aliphatic hydroxyl groups excluding tert-OH is 2. The summed E-state index contributed by atoms with van der Waals surface area (Å²) in [5, 5.41) is 34.5. The number of aliphatic hydroxyl groups is 2. The van der Waals surface area contributed by atoms with E-state index in [1.165, 1.54) is 24.3 Å². The summed E-state index contributed by atoms with van der Waals surface area (Å²) < 4.78 is 0. The number of carbonyl (C=O) groups is 2. The summed E-state index contributed by atoms with van der Waals surface area (Å²) in [6.45, 7) is 0.663. The zero-order valence-electron chi connectivity index (χ0n) is 12.3. The van der Waals surface area contributed by atoms with Crippen molar-refractivity contribution in [3.63, 3.8) is 0 Å². The highest BCUT2D eigenvalue weighted by Crippen LogP contribution is 2.27. The Hall–Kier alpha value is -1.92. The minimum Gasteiger partial charge on any atom is -0.478 e. The van der Waals surface area contributed by atoms with Crippen LogP contribution in [0.3, 0.4) is 0 Å². The molecule has 0 amide bonds. The van der Waals surface area contributed by atoms with Crippen molar-refractivity contribution >= 4 is 11.9 Å². The van der Waals surface area contributed by atoms with Gasteiger partial charge in [0.15, 0.2) is 0 Å². The number of carboxylic acid groups (broad SMARTS) is 2. The van der Waals surface area contributed by atoms with Crippen molar-refractivity contribution in [3.8, 4) is 0 Å². The second-order valence-electron chi connectivity index (χ2n) is 5.44. The lowest BCUT2D eigenvalue weighted by Crippen LogP contribution is -2.19. The number of benzene rings is 1. The van der Waals surface area contributed by atoms with E-state index in [0.717, 1.165) is 25.7 Å². The van der Waals surface area contributed by atoms with Crippen LogP contribution in [0, 0.1) is 11.8 Å². The SMILES string of the molecule is O=C(O)c1ccc(C(=O)O)cc1.OCC1CCC(CO)CC1. The smallest absolute Gasteiger partial charge is 0.335 e. The lowest BCUT2D eigenvalue weighted by molar-refractivity contribution is 0.0681. The van der Waals surface area contributed by atoms with Crippen LogP contribution in [0.2, 0.25) is 0 Å². The zero-order chi connectivity index (χ0) is 16.5. The molecule has 0 bridgehead atoms. The highest BCUT2D eigenvalue weighted by molar-refractivity contribution is 5.91. The first-order valence-corrected chi connectivity index (χ1v) is 7.26. The molecule has 0 aromatic heterocycles. The molecule has 0 aliphatic heterocycles. The second-order valence-corrected chi connectivity index (χ2v) is 5.44. The molecule has 1 aliphatic carbocycles. The molecule has 1 aliphatic rings. The van der Waals surface area contributed by atoms with Gasteiger partial charge in [-0.25, -0.2) is 9.59 Å². The summed E-state index contributed by atoms with van der Waals surface area (Å²) in [5.74, 6) is -1.09. The van der Waals surface area contributed by atoms with Crippen LogP contribution in [-0.2, 0) is 0 Å². The molecular formula is C16H22O6. The van der Waals surface area contributed by atoms with Crippen LogP contribution in [0.5, 0.6) is 0 Å². The van der Waals surface area contributed by atoms with Crippen LogP contribution in [0.1, 0.15) is 46.4 Å². The van der Waals surface area contributed by atoms with Gasteiger partial charge >= 0.3 is 11.9 Å². The molecule has 2 rings (SSSR count). The third-order valence-electron chi connectivity index (χ3n) is 3.86. The summed E-state index contributed by atoms with van der Waals surface area (Å²) in [6.07, 6.45) is 4.40. The summed E-state index contributed by atoms with van der Waals surface area (Å²) in [6, 6.07) is 5.02. The monoisotopic (exact) mass is 310 g/mol. The Bertz CT molecular complexity index is 429. The van der Waals surface area contributed by atoms with E-state index in [0.29, 0.717) is 25.0 Å². The van der Waals surface area contributed by atoms with Crippen molar-refractivity contribution in [3.05, 3.63) is 35.4 Å². The first-order chi connectivity index (χ1) is 10.5. The minimum atomic E-state index is -1.06. The fraction of sp³-hybridized carbons (Fsp3) is 0.500. The molecule has 0 radical (unpaired) electrons. The lowest BCUT2D eigenvalue weighted by Gasteiger charge is -2.25. The van der Waals surface area contributed by atoms with Gasteiger partial charge in [-0.15, -0.1) is 0 Å². The molecule has 1 aromatic rings. The largest absolute Gasteiger partial charge is 0.478 e. The van der Waals surface area contributed by atoms with Crippen molar-refractivity contribution in [1.82, 2.24) is 0 Å². The highest BCUT2D eigenvalue weighted by atomic mass is 16.4. The van der Waals surface area contributed by atoms with Gasteiger partial charge < -0.3 is 20.4 Å². The molecule has 0 unspecified atom stereocenters. The number of aromatic carboxylic acids is 2. The van der Waals surface area contributed by atoms with Crippen molar-refractivity contribution in [2.45, 2.75) is 25.7 Å². The van der Waals surface area contributed by atoms with Gasteiger partial charge in [-0.05, 0) is 61.8 Å². The van der Waals surface area contributed by atoms with Crippen LogP contribution in [0.4, 0.5) is 0 Å². The first kappa shape index (κ1) is 18.1. The van der Waals surface area contributed by atoms with E-state index in [4.69, 9.17) is 20.4 Å². The Morgan fingerprint density at radius 1 is 0.773 bits per heavy atom. The fourth-order valence-corrected chi connectivity index (χ4v) is 2.35. The van der Waals surface area contributed by atoms with Gasteiger partial charge in [0.05, 0.1) is 11.1 Å². The van der Waals surface area contributed by atoms with Crippen LogP contribution < -0.4 is 0 Å². The van der Waals surface area contributed by atoms with Crippen LogP contribution in [0.25, 0.3) is 0 Å². The zero-order valence-corrected chi connectivity index (χ0v) is 12.3. The van der Waals surface area contributed by atoms with Crippen molar-refractivity contribution in [2.75, 3.05) is 13.2 Å². The van der Waals surface area contributed by atoms with E-state index in [9.17, 15) is 9.59 Å². The van der Waals surface area contributed by atoms with Crippen molar-refractivity contribution in [1.29, 1.82) is 0 Å². The van der Waals surface area contributed by atoms with Crippen molar-refractivity contribution in [2.24, 2.45) is 11.8 Å². The second kappa shape index (κ2) is 9.17. The molecule has 1 saturated carbocycles. The molecule has 6 heteroatoms. The molecule has 0 saturated heterocycles. The Morgan fingerprint density at radius 2 is 1.05 bits per heavy atom. The average molecular weight is 310 g/mol. The Kier molecular flexibility index (Phi) is 7.56. The molecule has 4 N–H and O–H groups in total. The minimum absolute atomic E-state index is 0.0833. The van der Waals surface area contributed by atoms with Gasteiger partial charge in [0.2, 0.25) is 0 Å². The topological polar surface area (TPSA) is 115 Å². The van der Waals surface area contributed by atoms with Gasteiger partial charge in [0.25, 0.3) is 0 Å². The fourth-order valence-electron chi connectivity index (χ4n) is 2.35. The number of rotatable bonds is 4. The Morgan fingerprint density at radius 3 is 1.23 bits per heavy atom. The van der Waals surface area contributed by atoms with E-state index < -0.39 is 11.9 Å². The van der Waals surface area contributed by atoms with E-state index in [1.54, 1.807) is 0 Å². The average Bonchev–Trinajstić information content (AvgIpc) is 2.55. The van der Waals surface area contributed by atoms with E-state index in [-0.39, 0.29) is 11.1 Å². The van der Waals surface area contributed by atoms with Crippen molar-refractivity contribution < 1.29 is 30.0 Å². The molecular weight excluding hydrogens is 288 g/mol. The number of hydrogen-bond donors (Lipinski definition) is 4. The first-order valence-electron chi connectivity index (χ1n) is 7.26. The quantitative estimate of drug-likeness (QED) is 0.675. The molecule has 6 nitrogen and oxygen atoms in total. The van der Waals surface area contributed by atoms with Gasteiger partial charge in [-0.1, -0.05) is 0 Å². The maximum absolute atomic E-state index is 10.3. The van der Waals surface area contributed by atoms with Gasteiger partial charge in [0.1, 0.15) is 0 Å². The molecule has 122 valence electrons. The normalized spacial score (nSPS) is 20.6. The van der Waals surface area contributed by atoms with Gasteiger partial charge in [0, 0.05) is 13.2 Å². The van der Waals surface area contributed by atoms with Gasteiger partial charge in [-0.3, -0.25) is 0 Å². The van der Waals surface area contributed by atoms with Crippen LogP contribution >= 0.6 is 0 Å². The third-order valence-corrected chi connectivity index (χ3v) is 3.86. The van der Waals surface area contributed by atoms with Crippen LogP contribution in [-0.4, -0.2) is 45.6 Å². The Labute approximate surface area is 129 Å². The van der Waals surface area contributed by atoms with E-state index in [1.807, 2.05) is 0 Å². The predicted molar refractivity (Wildman–Crippen MR) is 80.0 cm³/mol. The molecule has 0 atom stereocenters. The van der Waals surface area contributed by atoms with Crippen LogP contribution in [0.15, 0.2) is 24.3 Å². The maximum Gasteiger partial charge on any atom is 0.335 e. The maximum atomic E-state index is 10.3. The molecule has 1 aromatic carbocycles. The van der Waals surface area contributed by atoms with Gasteiger partial charge in [-0.2, -0.15) is 0 Å². The third kappa shape index (κ3) is 5.83.